The summed E-state index contributed by atoms with van der Waals surface area (Å²) in [6.07, 6.45) is 1.60. The van der Waals surface area contributed by atoms with Crippen LogP contribution in [0.4, 0.5) is 5.69 Å². The van der Waals surface area contributed by atoms with E-state index in [1.807, 2.05) is 37.3 Å². The Morgan fingerprint density at radius 3 is 2.46 bits per heavy atom. The summed E-state index contributed by atoms with van der Waals surface area (Å²) < 4.78 is 36.8. The molecule has 28 heavy (non-hydrogen) atoms. The van der Waals surface area contributed by atoms with E-state index in [2.05, 4.69) is 5.32 Å². The number of benzene rings is 2. The van der Waals surface area contributed by atoms with Crippen LogP contribution >= 0.6 is 0 Å². The third-order valence-corrected chi connectivity index (χ3v) is 5.56. The highest BCUT2D eigenvalue weighted by molar-refractivity contribution is 7.92. The van der Waals surface area contributed by atoms with Crippen molar-refractivity contribution in [3.8, 4) is 11.5 Å². The third kappa shape index (κ3) is 4.95. The monoisotopic (exact) mass is 404 g/mol. The van der Waals surface area contributed by atoms with Crippen LogP contribution < -0.4 is 19.1 Å². The molecule has 0 bridgehead atoms. The number of hydrogen-bond acceptors (Lipinski definition) is 5. The summed E-state index contributed by atoms with van der Waals surface area (Å²) >= 11 is 0. The number of carbonyl (C=O) groups excluding carboxylic acids is 1. The van der Waals surface area contributed by atoms with Gasteiger partial charge in [0.15, 0.2) is 11.5 Å². The number of rotatable bonds is 7. The van der Waals surface area contributed by atoms with Gasteiger partial charge in [-0.2, -0.15) is 0 Å². The Morgan fingerprint density at radius 1 is 1.14 bits per heavy atom. The standard InChI is InChI=1S/C20H24N2O5S/c1-3-15-8-10-16(11-9-15)22(28(2,24)25)13-20(23)21-12-17-14-26-18-6-4-5-7-19(18)27-17/h4-11,17H,3,12-14H2,1-2H3,(H,21,23)/t17-/m0/s1. The molecule has 0 aliphatic carbocycles. The molecule has 1 aliphatic rings. The Kier molecular flexibility index (Phi) is 6.08. The summed E-state index contributed by atoms with van der Waals surface area (Å²) in [5, 5.41) is 2.73. The minimum atomic E-state index is -3.60. The number of fused-ring (bicyclic) bond motifs is 1. The summed E-state index contributed by atoms with van der Waals surface area (Å²) in [7, 11) is -3.60. The van der Waals surface area contributed by atoms with Crippen LogP contribution in [0, 0.1) is 0 Å². The largest absolute Gasteiger partial charge is 0.486 e. The van der Waals surface area contributed by atoms with Gasteiger partial charge < -0.3 is 14.8 Å². The molecule has 0 unspecified atom stereocenters. The lowest BCUT2D eigenvalue weighted by Crippen LogP contribution is -2.45. The van der Waals surface area contributed by atoms with Crippen LogP contribution in [-0.2, 0) is 21.2 Å². The SMILES string of the molecule is CCc1ccc(N(CC(=O)NC[C@H]2COc3ccccc3O2)S(C)(=O)=O)cc1. The number of sulfonamides is 1. The molecule has 0 saturated carbocycles. The van der Waals surface area contributed by atoms with Crippen LogP contribution in [0.25, 0.3) is 0 Å². The lowest BCUT2D eigenvalue weighted by Gasteiger charge is -2.27. The number of amides is 1. The average Bonchev–Trinajstić information content (AvgIpc) is 2.69. The van der Waals surface area contributed by atoms with Crippen molar-refractivity contribution in [2.45, 2.75) is 19.4 Å². The molecule has 150 valence electrons. The molecule has 0 spiro atoms. The zero-order chi connectivity index (χ0) is 20.1. The van der Waals surface area contributed by atoms with E-state index in [1.54, 1.807) is 18.2 Å². The summed E-state index contributed by atoms with van der Waals surface area (Å²) in [5.74, 6) is 0.887. The molecule has 1 aliphatic heterocycles. The van der Waals surface area contributed by atoms with Crippen molar-refractivity contribution >= 4 is 21.6 Å². The van der Waals surface area contributed by atoms with Crippen molar-refractivity contribution < 1.29 is 22.7 Å². The lowest BCUT2D eigenvalue weighted by atomic mass is 10.1. The number of para-hydroxylation sites is 2. The number of nitrogens with one attached hydrogen (secondary N) is 1. The fraction of sp³-hybridized carbons (Fsp3) is 0.350. The first-order valence-corrected chi connectivity index (χ1v) is 10.9. The normalized spacial score (nSPS) is 15.7. The van der Waals surface area contributed by atoms with E-state index in [-0.39, 0.29) is 19.2 Å². The van der Waals surface area contributed by atoms with Gasteiger partial charge in [0.25, 0.3) is 0 Å². The molecule has 1 N–H and O–H groups in total. The van der Waals surface area contributed by atoms with E-state index in [0.29, 0.717) is 23.8 Å². The van der Waals surface area contributed by atoms with E-state index in [9.17, 15) is 13.2 Å². The van der Waals surface area contributed by atoms with Gasteiger partial charge in [-0.05, 0) is 36.2 Å². The fourth-order valence-electron chi connectivity index (χ4n) is 2.88. The van der Waals surface area contributed by atoms with Crippen LogP contribution in [0.2, 0.25) is 0 Å². The van der Waals surface area contributed by atoms with Crippen LogP contribution in [-0.4, -0.2) is 46.4 Å². The van der Waals surface area contributed by atoms with E-state index in [4.69, 9.17) is 9.47 Å². The predicted octanol–water partition coefficient (Wildman–Crippen LogP) is 1.97. The van der Waals surface area contributed by atoms with Crippen molar-refractivity contribution in [2.75, 3.05) is 30.3 Å². The van der Waals surface area contributed by atoms with Gasteiger partial charge in [0.05, 0.1) is 18.5 Å². The zero-order valence-corrected chi connectivity index (χ0v) is 16.7. The number of nitrogens with zero attached hydrogens (tertiary/aromatic N) is 1. The highest BCUT2D eigenvalue weighted by Crippen LogP contribution is 2.30. The van der Waals surface area contributed by atoms with Gasteiger partial charge in [0.2, 0.25) is 15.9 Å². The van der Waals surface area contributed by atoms with Crippen LogP contribution in [0.5, 0.6) is 11.5 Å². The molecule has 0 saturated heterocycles. The second-order valence-electron chi connectivity index (χ2n) is 6.59. The molecule has 2 aromatic carbocycles. The van der Waals surface area contributed by atoms with E-state index >= 15 is 0 Å². The molecule has 0 radical (unpaired) electrons. The molecule has 3 rings (SSSR count). The summed E-state index contributed by atoms with van der Waals surface area (Å²) in [5.41, 5.74) is 1.55. The van der Waals surface area contributed by atoms with Gasteiger partial charge in [0, 0.05) is 0 Å². The van der Waals surface area contributed by atoms with Crippen molar-refractivity contribution in [1.29, 1.82) is 0 Å². The second kappa shape index (κ2) is 8.52. The lowest BCUT2D eigenvalue weighted by molar-refractivity contribution is -0.120. The number of ether oxygens (including phenoxy) is 2. The molecule has 0 aromatic heterocycles. The minimum Gasteiger partial charge on any atom is -0.486 e. The van der Waals surface area contributed by atoms with Gasteiger partial charge >= 0.3 is 0 Å². The Hall–Kier alpha value is -2.74. The van der Waals surface area contributed by atoms with Crippen LogP contribution in [0.1, 0.15) is 12.5 Å². The third-order valence-electron chi connectivity index (χ3n) is 4.41. The fourth-order valence-corrected chi connectivity index (χ4v) is 3.73. The zero-order valence-electron chi connectivity index (χ0n) is 15.9. The summed E-state index contributed by atoms with van der Waals surface area (Å²) in [4.78, 5) is 12.4. The smallest absolute Gasteiger partial charge is 0.240 e. The summed E-state index contributed by atoms with van der Waals surface area (Å²) in [6.45, 7) is 2.26. The van der Waals surface area contributed by atoms with Crippen LogP contribution in [0.3, 0.4) is 0 Å². The minimum absolute atomic E-state index is 0.222. The maximum Gasteiger partial charge on any atom is 0.240 e. The summed E-state index contributed by atoms with van der Waals surface area (Å²) in [6, 6.07) is 14.5. The Balaban J connectivity index is 1.60. The van der Waals surface area contributed by atoms with E-state index < -0.39 is 15.9 Å². The predicted molar refractivity (Wildman–Crippen MR) is 107 cm³/mol. The number of carbonyl (C=O) groups is 1. The van der Waals surface area contributed by atoms with E-state index in [0.717, 1.165) is 22.5 Å². The molecule has 1 heterocycles. The molecule has 2 aromatic rings. The second-order valence-corrected chi connectivity index (χ2v) is 8.50. The van der Waals surface area contributed by atoms with Crippen molar-refractivity contribution in [3.05, 3.63) is 54.1 Å². The van der Waals surface area contributed by atoms with Crippen molar-refractivity contribution in [2.24, 2.45) is 0 Å². The number of aryl methyl sites for hydroxylation is 1. The Morgan fingerprint density at radius 2 is 1.82 bits per heavy atom. The first kappa shape index (κ1) is 20.0. The van der Waals surface area contributed by atoms with Gasteiger partial charge in [0.1, 0.15) is 19.3 Å². The molecule has 8 heteroatoms. The maximum absolute atomic E-state index is 12.4. The Bertz CT molecular complexity index is 928. The van der Waals surface area contributed by atoms with Crippen molar-refractivity contribution in [3.63, 3.8) is 0 Å². The number of anilines is 1. The first-order valence-electron chi connectivity index (χ1n) is 9.08. The van der Waals surface area contributed by atoms with Gasteiger partial charge in [-0.15, -0.1) is 0 Å². The van der Waals surface area contributed by atoms with Gasteiger partial charge in [-0.1, -0.05) is 31.2 Å². The molecule has 0 fully saturated rings. The molecular weight excluding hydrogens is 380 g/mol. The highest BCUT2D eigenvalue weighted by atomic mass is 32.2. The topological polar surface area (TPSA) is 84.9 Å². The quantitative estimate of drug-likeness (QED) is 0.763. The van der Waals surface area contributed by atoms with Gasteiger partial charge in [-0.3, -0.25) is 9.10 Å². The van der Waals surface area contributed by atoms with Gasteiger partial charge in [-0.25, -0.2) is 8.42 Å². The molecule has 1 amide bonds. The number of hydrogen-bond donors (Lipinski definition) is 1. The van der Waals surface area contributed by atoms with Crippen molar-refractivity contribution in [1.82, 2.24) is 5.32 Å². The maximum atomic E-state index is 12.4. The van der Waals surface area contributed by atoms with Crippen LogP contribution in [0.15, 0.2) is 48.5 Å². The Labute approximate surface area is 165 Å². The molecular formula is C20H24N2O5S. The van der Waals surface area contributed by atoms with E-state index in [1.165, 1.54) is 0 Å². The average molecular weight is 404 g/mol. The molecule has 1 atom stereocenters. The molecule has 7 nitrogen and oxygen atoms in total. The highest BCUT2D eigenvalue weighted by Gasteiger charge is 2.24. The first-order chi connectivity index (χ1) is 13.4.